The van der Waals surface area contributed by atoms with E-state index in [9.17, 15) is 0 Å². The first-order chi connectivity index (χ1) is 22.7. The van der Waals surface area contributed by atoms with Crippen molar-refractivity contribution in [2.45, 2.75) is 96.3 Å². The van der Waals surface area contributed by atoms with Crippen LogP contribution in [-0.2, 0) is 27.1 Å². The summed E-state index contributed by atoms with van der Waals surface area (Å²) in [5.74, 6) is -15.3. The van der Waals surface area contributed by atoms with E-state index in [1.54, 1.807) is 0 Å². The van der Waals surface area contributed by atoms with Crippen LogP contribution in [0.3, 0.4) is 0 Å². The fourth-order valence-corrected chi connectivity index (χ4v) is 7.20. The molecule has 1 aliphatic heterocycles. The molecule has 270 valence electrons. The zero-order valence-corrected chi connectivity index (χ0v) is 28.8. The number of H-pyrrole nitrogens is 5. The van der Waals surface area contributed by atoms with Crippen LogP contribution in [0, 0.1) is 58.2 Å². The molecule has 0 aromatic carbocycles. The number of fused-ring (bicyclic) bond motifs is 10. The Bertz CT molecular complexity index is 1720. The predicted octanol–water partition coefficient (Wildman–Crippen LogP) is 9.66. The highest BCUT2D eigenvalue weighted by Crippen LogP contribution is 2.47. The van der Waals surface area contributed by atoms with Crippen molar-refractivity contribution >= 4 is 0 Å². The van der Waals surface area contributed by atoms with Crippen molar-refractivity contribution in [1.82, 2.24) is 24.9 Å². The Morgan fingerprint density at radius 1 is 0.220 bits per heavy atom. The minimum absolute atomic E-state index is 0.609. The van der Waals surface area contributed by atoms with Gasteiger partial charge in [0, 0.05) is 0 Å². The summed E-state index contributed by atoms with van der Waals surface area (Å²) >= 11 is 0. The van der Waals surface area contributed by atoms with Crippen LogP contribution in [0.4, 0.5) is 43.9 Å². The van der Waals surface area contributed by atoms with Crippen molar-refractivity contribution in [2.75, 3.05) is 0 Å². The van der Waals surface area contributed by atoms with Crippen LogP contribution in [0.5, 0.6) is 0 Å². The van der Waals surface area contributed by atoms with Gasteiger partial charge in [0.05, 0.1) is 84.0 Å². The van der Waals surface area contributed by atoms with Gasteiger partial charge in [0.15, 0.2) is 58.2 Å². The van der Waals surface area contributed by atoms with E-state index in [0.29, 0.717) is 0 Å². The summed E-state index contributed by atoms with van der Waals surface area (Å²) < 4.78 is 158. The van der Waals surface area contributed by atoms with E-state index in [4.69, 9.17) is 0 Å². The molecule has 5 nitrogen and oxygen atoms in total. The number of nitrogens with one attached hydrogen (secondary N) is 5. The highest BCUT2D eigenvalue weighted by molar-refractivity contribution is 5.47. The molecule has 0 fully saturated rings. The van der Waals surface area contributed by atoms with E-state index in [1.807, 2.05) is 0 Å². The molecule has 6 heterocycles. The van der Waals surface area contributed by atoms with Crippen molar-refractivity contribution in [3.8, 4) is 0 Å². The highest BCUT2D eigenvalue weighted by atomic mass is 19.2. The Labute approximate surface area is 280 Å². The zero-order valence-electron chi connectivity index (χ0n) is 28.8. The van der Waals surface area contributed by atoms with Gasteiger partial charge in [-0.25, -0.2) is 43.9 Å². The van der Waals surface area contributed by atoms with Gasteiger partial charge in [-0.05, 0) is 69.2 Å². The Morgan fingerprint density at radius 2 is 0.300 bits per heavy atom. The van der Waals surface area contributed by atoms with Crippen LogP contribution in [0.15, 0.2) is 0 Å². The van der Waals surface area contributed by atoms with Crippen LogP contribution < -0.4 is 0 Å². The van der Waals surface area contributed by atoms with Gasteiger partial charge >= 0.3 is 0 Å². The topological polar surface area (TPSA) is 78.9 Å². The van der Waals surface area contributed by atoms with Crippen molar-refractivity contribution in [1.29, 1.82) is 0 Å². The normalized spacial score (nSPS) is 18.8. The first-order valence-corrected chi connectivity index (χ1v) is 15.6. The Morgan fingerprint density at radius 3 is 0.380 bits per heavy atom. The molecule has 0 amide bonds. The SMILES string of the molecule is CC1(C)c2[nH]c(c(F)c2F)C(C)(C)c2[nH]c(c(F)c2F)C(C)(C)c2[nH]c(c(F)c2F)C(C)(C)c2[nH]c(c(F)c2F)C(C)(C)c2[nH]c1c(F)c2F. The molecule has 5 aromatic rings. The summed E-state index contributed by atoms with van der Waals surface area (Å²) in [6.07, 6.45) is 0. The molecule has 0 spiro atoms. The van der Waals surface area contributed by atoms with Gasteiger partial charge in [-0.2, -0.15) is 0 Å². The summed E-state index contributed by atoms with van der Waals surface area (Å²) in [5, 5.41) is 0. The van der Waals surface area contributed by atoms with Crippen LogP contribution in [-0.4, -0.2) is 24.9 Å². The Hall–Kier alpha value is -4.30. The molecule has 0 aliphatic carbocycles. The van der Waals surface area contributed by atoms with Gasteiger partial charge in [0.25, 0.3) is 0 Å². The molecule has 5 aromatic heterocycles. The fraction of sp³-hybridized carbons (Fsp3) is 0.429. The van der Waals surface area contributed by atoms with Gasteiger partial charge in [-0.1, -0.05) is 0 Å². The summed E-state index contributed by atoms with van der Waals surface area (Å²) in [5.41, 5.74) is -15.7. The summed E-state index contributed by atoms with van der Waals surface area (Å²) in [4.78, 5) is 12.6. The van der Waals surface area contributed by atoms with E-state index < -0.39 is 142 Å². The molecule has 0 saturated heterocycles. The molecule has 50 heavy (non-hydrogen) atoms. The molecule has 0 unspecified atom stereocenters. The van der Waals surface area contributed by atoms with E-state index in [0.717, 1.165) is 0 Å². The van der Waals surface area contributed by atoms with E-state index in [-0.39, 0.29) is 0 Å². The fourth-order valence-electron chi connectivity index (χ4n) is 7.20. The standard InChI is InChI=1S/C35H35F10N5/c1-31(2)21-11(36)13(38)23(46-21)32(3,4)25-15(40)17(42)27(48-25)34(7,8)29-19(44)20(45)30(50-29)35(9,10)28-18(43)16(41)26(49-28)33(5,6)24-14(39)12(37)22(31)47-24/h46-50H,1-10H3. The molecular weight excluding hydrogens is 680 g/mol. The number of rotatable bonds is 0. The van der Waals surface area contributed by atoms with Gasteiger partial charge < -0.3 is 24.9 Å². The predicted molar refractivity (Wildman–Crippen MR) is 164 cm³/mol. The minimum Gasteiger partial charge on any atom is -0.356 e. The lowest BCUT2D eigenvalue weighted by molar-refractivity contribution is 0.445. The minimum atomic E-state index is -1.92. The van der Waals surface area contributed by atoms with E-state index in [1.165, 1.54) is 69.2 Å². The number of halogens is 10. The number of hydrogen-bond acceptors (Lipinski definition) is 0. The third-order valence-corrected chi connectivity index (χ3v) is 10.7. The molecule has 0 atom stereocenters. The van der Waals surface area contributed by atoms with Crippen molar-refractivity contribution in [3.05, 3.63) is 115 Å². The van der Waals surface area contributed by atoms with Crippen LogP contribution in [0.1, 0.15) is 126 Å². The Balaban J connectivity index is 1.75. The van der Waals surface area contributed by atoms with E-state index in [2.05, 4.69) is 24.9 Å². The lowest BCUT2D eigenvalue weighted by Gasteiger charge is -2.27. The van der Waals surface area contributed by atoms with Crippen LogP contribution in [0.25, 0.3) is 0 Å². The summed E-state index contributed by atoms with van der Waals surface area (Å²) in [7, 11) is 0. The molecule has 0 radical (unpaired) electrons. The monoisotopic (exact) mass is 715 g/mol. The van der Waals surface area contributed by atoms with E-state index >= 15 is 43.9 Å². The first kappa shape index (κ1) is 35.5. The van der Waals surface area contributed by atoms with Gasteiger partial charge in [-0.3, -0.25) is 0 Å². The van der Waals surface area contributed by atoms with Gasteiger partial charge in [-0.15, -0.1) is 0 Å². The first-order valence-electron chi connectivity index (χ1n) is 15.6. The second kappa shape index (κ2) is 10.4. The third kappa shape index (κ3) is 4.33. The average Bonchev–Trinajstić information content (AvgIpc) is 3.77. The number of aromatic nitrogens is 5. The highest BCUT2D eigenvalue weighted by Gasteiger charge is 2.48. The molecule has 15 heteroatoms. The quantitative estimate of drug-likeness (QED) is 0.0991. The summed E-state index contributed by atoms with van der Waals surface area (Å²) in [6, 6.07) is 0. The largest absolute Gasteiger partial charge is 0.356 e. The van der Waals surface area contributed by atoms with Crippen molar-refractivity contribution in [2.24, 2.45) is 0 Å². The lowest BCUT2D eigenvalue weighted by atomic mass is 9.85. The molecule has 10 bridgehead atoms. The molecular formula is C35H35F10N5. The molecule has 1 aliphatic rings. The zero-order chi connectivity index (χ0) is 37.6. The van der Waals surface area contributed by atoms with Gasteiger partial charge in [0.2, 0.25) is 0 Å². The van der Waals surface area contributed by atoms with Crippen LogP contribution >= 0.6 is 0 Å². The molecule has 6 rings (SSSR count). The maximum absolute atomic E-state index is 15.8. The smallest absolute Gasteiger partial charge is 0.180 e. The maximum atomic E-state index is 15.8. The average molecular weight is 716 g/mol. The number of hydrogen-bond donors (Lipinski definition) is 5. The second-order valence-electron chi connectivity index (χ2n) is 15.6. The third-order valence-electron chi connectivity index (χ3n) is 10.7. The maximum Gasteiger partial charge on any atom is 0.180 e. The second-order valence-corrected chi connectivity index (χ2v) is 15.6. The Kier molecular flexibility index (Phi) is 7.37. The number of aromatic amines is 5. The summed E-state index contributed by atoms with van der Waals surface area (Å²) in [6.45, 7) is 12.3. The van der Waals surface area contributed by atoms with Crippen molar-refractivity contribution < 1.29 is 43.9 Å². The van der Waals surface area contributed by atoms with Gasteiger partial charge in [0.1, 0.15) is 0 Å². The van der Waals surface area contributed by atoms with Crippen LogP contribution in [0.2, 0.25) is 0 Å². The van der Waals surface area contributed by atoms with Crippen molar-refractivity contribution in [3.63, 3.8) is 0 Å². The molecule has 5 N–H and O–H groups in total. The molecule has 0 saturated carbocycles. The lowest BCUT2D eigenvalue weighted by Crippen LogP contribution is -2.27.